The molecule has 0 aliphatic rings. The lowest BCUT2D eigenvalue weighted by atomic mass is 9.99. The third kappa shape index (κ3) is 16.5. The molecule has 3 atom stereocenters. The van der Waals surface area contributed by atoms with E-state index in [0.717, 1.165) is 0 Å². The van der Waals surface area contributed by atoms with Crippen LogP contribution in [0.3, 0.4) is 0 Å². The highest BCUT2D eigenvalue weighted by Gasteiger charge is 2.29. The van der Waals surface area contributed by atoms with Crippen molar-refractivity contribution in [3.05, 3.63) is 29.8 Å². The average molecular weight is 677 g/mol. The molecule has 0 saturated heterocycles. The first-order chi connectivity index (χ1) is 22.5. The molecule has 0 bridgehead atoms. The van der Waals surface area contributed by atoms with Gasteiger partial charge >= 0.3 is 18.1 Å². The van der Waals surface area contributed by atoms with Crippen molar-refractivity contribution in [1.82, 2.24) is 20.9 Å². The summed E-state index contributed by atoms with van der Waals surface area (Å²) in [5, 5.41) is 10.8. The fraction of sp³-hybridized carbons (Fsp3) is 0.647. The summed E-state index contributed by atoms with van der Waals surface area (Å²) in [6.45, 7) is 13.7. The Kier molecular flexibility index (Phi) is 18.7. The topological polar surface area (TPSA) is 198 Å². The number of anilines is 1. The maximum atomic E-state index is 13.3. The van der Waals surface area contributed by atoms with Gasteiger partial charge in [0.1, 0.15) is 25.3 Å². The number of nitrogens with zero attached hydrogens (tertiary/aromatic N) is 1. The van der Waals surface area contributed by atoms with E-state index >= 15 is 0 Å². The molecule has 0 spiro atoms. The zero-order valence-electron chi connectivity index (χ0n) is 29.7. The van der Waals surface area contributed by atoms with Crippen molar-refractivity contribution in [3.63, 3.8) is 0 Å². The molecule has 1 unspecified atom stereocenters. The molecule has 0 aromatic heterocycles. The second kappa shape index (κ2) is 21.5. The number of carbonyl (C=O) groups is 6. The standard InChI is InChI=1S/C34H56N6O8/c1-21(2)11-16-28(41)39-29(23(5)6)31(43)38-27(10-9-17-36-33(35)45)30(42)37-26-14-12-25(13-15-26)20-48-34(46)40(8)18-19-47-32(44)24(7)22(3)4/h12-15,21-24,27,29H,9-11,16-20H2,1-8H3,(H,37,42)(H,38,43)(H,39,41)(H3,35,36,45)/t24?,27-,29-/m0/s1. The number of benzene rings is 1. The lowest BCUT2D eigenvalue weighted by Crippen LogP contribution is -2.54. The van der Waals surface area contributed by atoms with Gasteiger partial charge in [-0.15, -0.1) is 0 Å². The van der Waals surface area contributed by atoms with Gasteiger partial charge in [-0.05, 0) is 54.7 Å². The minimum Gasteiger partial charge on any atom is -0.464 e. The van der Waals surface area contributed by atoms with E-state index in [0.29, 0.717) is 30.0 Å². The highest BCUT2D eigenvalue weighted by Crippen LogP contribution is 2.14. The summed E-state index contributed by atoms with van der Waals surface area (Å²) < 4.78 is 10.6. The van der Waals surface area contributed by atoms with E-state index in [1.165, 1.54) is 4.90 Å². The number of ether oxygens (including phenoxy) is 2. The summed E-state index contributed by atoms with van der Waals surface area (Å²) in [6, 6.07) is 4.14. The van der Waals surface area contributed by atoms with Gasteiger partial charge in [-0.25, -0.2) is 9.59 Å². The minimum atomic E-state index is -0.968. The molecule has 0 radical (unpaired) electrons. The number of hydrogen-bond acceptors (Lipinski definition) is 8. The number of likely N-dealkylation sites (N-methyl/N-ethyl adjacent to an activating group) is 1. The van der Waals surface area contributed by atoms with Crippen LogP contribution in [0.2, 0.25) is 0 Å². The van der Waals surface area contributed by atoms with Crippen LogP contribution >= 0.6 is 0 Å². The summed E-state index contributed by atoms with van der Waals surface area (Å²) in [5.74, 6) is -1.50. The van der Waals surface area contributed by atoms with Crippen molar-refractivity contribution < 1.29 is 38.2 Å². The number of esters is 1. The zero-order valence-corrected chi connectivity index (χ0v) is 29.7. The fourth-order valence-corrected chi connectivity index (χ4v) is 4.20. The van der Waals surface area contributed by atoms with Gasteiger partial charge in [0.25, 0.3) is 0 Å². The van der Waals surface area contributed by atoms with E-state index in [2.05, 4.69) is 21.3 Å². The van der Waals surface area contributed by atoms with Crippen LogP contribution in [0, 0.1) is 23.7 Å². The third-order valence-electron chi connectivity index (χ3n) is 7.75. The molecule has 1 rings (SSSR count). The quantitative estimate of drug-likeness (QED) is 0.102. The lowest BCUT2D eigenvalue weighted by Gasteiger charge is -2.25. The predicted octanol–water partition coefficient (Wildman–Crippen LogP) is 3.54. The highest BCUT2D eigenvalue weighted by molar-refractivity contribution is 5.98. The number of nitrogens with one attached hydrogen (secondary N) is 4. The van der Waals surface area contributed by atoms with E-state index in [4.69, 9.17) is 15.2 Å². The van der Waals surface area contributed by atoms with E-state index in [9.17, 15) is 28.8 Å². The van der Waals surface area contributed by atoms with Gasteiger partial charge in [0, 0.05) is 25.7 Å². The van der Waals surface area contributed by atoms with Crippen molar-refractivity contribution in [2.75, 3.05) is 32.1 Å². The van der Waals surface area contributed by atoms with Gasteiger partial charge in [-0.1, -0.05) is 60.6 Å². The van der Waals surface area contributed by atoms with Crippen molar-refractivity contribution >= 4 is 41.5 Å². The minimum absolute atomic E-state index is 0.0212. The molecule has 14 nitrogen and oxygen atoms in total. The van der Waals surface area contributed by atoms with Crippen LogP contribution in [0.15, 0.2) is 24.3 Å². The Morgan fingerprint density at radius 2 is 1.48 bits per heavy atom. The molecule has 0 fully saturated rings. The maximum absolute atomic E-state index is 13.3. The van der Waals surface area contributed by atoms with Gasteiger partial charge in [0.2, 0.25) is 17.7 Å². The number of rotatable bonds is 20. The normalized spacial score (nSPS) is 12.9. The van der Waals surface area contributed by atoms with Crippen LogP contribution in [0.5, 0.6) is 0 Å². The third-order valence-corrected chi connectivity index (χ3v) is 7.75. The zero-order chi connectivity index (χ0) is 36.4. The number of amides is 6. The number of primary amides is 1. The van der Waals surface area contributed by atoms with Crippen molar-refractivity contribution in [2.45, 2.75) is 92.8 Å². The van der Waals surface area contributed by atoms with E-state index in [1.54, 1.807) is 38.2 Å². The molecule has 6 N–H and O–H groups in total. The summed E-state index contributed by atoms with van der Waals surface area (Å²) in [6.07, 6.45) is 0.942. The van der Waals surface area contributed by atoms with E-state index < -0.39 is 36.0 Å². The Balaban J connectivity index is 2.79. The van der Waals surface area contributed by atoms with Crippen LogP contribution in [0.4, 0.5) is 15.3 Å². The van der Waals surface area contributed by atoms with Crippen molar-refractivity contribution in [2.24, 2.45) is 29.4 Å². The molecule has 6 amide bonds. The molecule has 48 heavy (non-hydrogen) atoms. The van der Waals surface area contributed by atoms with Crippen LogP contribution < -0.4 is 27.0 Å². The summed E-state index contributed by atoms with van der Waals surface area (Å²) in [5.41, 5.74) is 6.26. The number of hydrogen-bond donors (Lipinski definition) is 5. The Hall–Kier alpha value is -4.36. The van der Waals surface area contributed by atoms with Gasteiger partial charge in [-0.2, -0.15) is 0 Å². The van der Waals surface area contributed by atoms with Crippen molar-refractivity contribution in [3.8, 4) is 0 Å². The van der Waals surface area contributed by atoms with E-state index in [-0.39, 0.29) is 68.8 Å². The van der Waals surface area contributed by atoms with Gasteiger partial charge in [0.15, 0.2) is 0 Å². The van der Waals surface area contributed by atoms with Gasteiger partial charge in [-0.3, -0.25) is 19.2 Å². The Labute approximate surface area is 284 Å². The summed E-state index contributed by atoms with van der Waals surface area (Å²) in [7, 11) is 1.55. The SMILES string of the molecule is CC(C)CCC(=O)N[C@H](C(=O)N[C@@H](CCCNC(N)=O)C(=O)Nc1ccc(COC(=O)N(C)CCOC(=O)C(C)C(C)C)cc1)C(C)C. The smallest absolute Gasteiger partial charge is 0.409 e. The molecule has 0 heterocycles. The first-order valence-electron chi connectivity index (χ1n) is 16.6. The molecular weight excluding hydrogens is 620 g/mol. The summed E-state index contributed by atoms with van der Waals surface area (Å²) >= 11 is 0. The van der Waals surface area contributed by atoms with Gasteiger partial charge in [0.05, 0.1) is 12.5 Å². The second-order valence-electron chi connectivity index (χ2n) is 13.1. The molecule has 0 saturated carbocycles. The van der Waals surface area contributed by atoms with Crippen LogP contribution in [0.1, 0.15) is 79.7 Å². The van der Waals surface area contributed by atoms with Gasteiger partial charge < -0.3 is 41.4 Å². The number of carbonyl (C=O) groups excluding carboxylic acids is 6. The first-order valence-corrected chi connectivity index (χ1v) is 16.6. The predicted molar refractivity (Wildman–Crippen MR) is 182 cm³/mol. The highest BCUT2D eigenvalue weighted by atomic mass is 16.6. The van der Waals surface area contributed by atoms with Crippen LogP contribution in [-0.4, -0.2) is 79.5 Å². The van der Waals surface area contributed by atoms with Crippen LogP contribution in [0.25, 0.3) is 0 Å². The Morgan fingerprint density at radius 1 is 0.833 bits per heavy atom. The Morgan fingerprint density at radius 3 is 2.04 bits per heavy atom. The maximum Gasteiger partial charge on any atom is 0.409 e. The molecule has 1 aromatic rings. The first kappa shape index (κ1) is 41.7. The molecule has 0 aliphatic carbocycles. The largest absolute Gasteiger partial charge is 0.464 e. The molecule has 270 valence electrons. The van der Waals surface area contributed by atoms with Crippen LogP contribution in [-0.2, 0) is 35.3 Å². The molecule has 0 aliphatic heterocycles. The molecular formula is C34H56N6O8. The Bertz CT molecular complexity index is 1200. The number of urea groups is 1. The second-order valence-corrected chi connectivity index (χ2v) is 13.1. The summed E-state index contributed by atoms with van der Waals surface area (Å²) in [4.78, 5) is 75.8. The molecule has 14 heteroatoms. The fourth-order valence-electron chi connectivity index (χ4n) is 4.20. The van der Waals surface area contributed by atoms with E-state index in [1.807, 2.05) is 41.5 Å². The monoisotopic (exact) mass is 676 g/mol. The lowest BCUT2D eigenvalue weighted by molar-refractivity contribution is -0.149. The average Bonchev–Trinajstić information content (AvgIpc) is 3.02. The number of nitrogens with two attached hydrogens (primary N) is 1. The van der Waals surface area contributed by atoms with Crippen molar-refractivity contribution in [1.29, 1.82) is 0 Å². The molecule has 1 aromatic carbocycles.